The van der Waals surface area contributed by atoms with Crippen molar-refractivity contribution in [3.05, 3.63) is 23.3 Å². The molecule has 0 bridgehead atoms. The van der Waals surface area contributed by atoms with E-state index in [9.17, 15) is 9.90 Å². The van der Waals surface area contributed by atoms with Gasteiger partial charge in [-0.15, -0.1) is 0 Å². The Balaban J connectivity index is 2.20. The summed E-state index contributed by atoms with van der Waals surface area (Å²) in [5, 5.41) is 12.7. The number of nitrogens with two attached hydrogens (primary N) is 1. The summed E-state index contributed by atoms with van der Waals surface area (Å²) in [6, 6.07) is 4.01. The van der Waals surface area contributed by atoms with Crippen molar-refractivity contribution in [2.45, 2.75) is 46.1 Å². The van der Waals surface area contributed by atoms with Crippen molar-refractivity contribution < 1.29 is 9.90 Å². The van der Waals surface area contributed by atoms with Crippen molar-refractivity contribution in [1.29, 1.82) is 0 Å². The molecule has 3 atom stereocenters. The molecule has 20 heavy (non-hydrogen) atoms. The standard InChI is InChI=1S/C16H24N2O2/c1-4-11-5-6-14(10(11)3)18-12-7-9(2)15(17)13(8-12)16(19)20/h7-8,10-11,14,18H,4-6,17H2,1-3H3,(H,19,20). The van der Waals surface area contributed by atoms with E-state index in [-0.39, 0.29) is 5.56 Å². The van der Waals surface area contributed by atoms with E-state index >= 15 is 0 Å². The molecule has 3 unspecified atom stereocenters. The Labute approximate surface area is 120 Å². The predicted octanol–water partition coefficient (Wildman–Crippen LogP) is 3.51. The summed E-state index contributed by atoms with van der Waals surface area (Å²) < 4.78 is 0. The first kappa shape index (κ1) is 14.7. The molecule has 1 fully saturated rings. The van der Waals surface area contributed by atoms with Crippen molar-refractivity contribution >= 4 is 17.3 Å². The molecule has 1 aromatic carbocycles. The molecule has 0 saturated heterocycles. The van der Waals surface area contributed by atoms with E-state index in [0.29, 0.717) is 17.6 Å². The molecule has 0 radical (unpaired) electrons. The van der Waals surface area contributed by atoms with Crippen molar-refractivity contribution in [3.63, 3.8) is 0 Å². The number of aromatic carboxylic acids is 1. The lowest BCUT2D eigenvalue weighted by atomic mass is 9.93. The lowest BCUT2D eigenvalue weighted by molar-refractivity contribution is 0.0698. The van der Waals surface area contributed by atoms with Crippen molar-refractivity contribution in [1.82, 2.24) is 0 Å². The molecule has 1 aromatic rings. The van der Waals surface area contributed by atoms with Gasteiger partial charge in [0.05, 0.1) is 5.56 Å². The molecule has 1 aliphatic carbocycles. The van der Waals surface area contributed by atoms with Gasteiger partial charge in [-0.3, -0.25) is 0 Å². The highest BCUT2D eigenvalue weighted by molar-refractivity contribution is 5.95. The van der Waals surface area contributed by atoms with Gasteiger partial charge in [-0.05, 0) is 49.3 Å². The topological polar surface area (TPSA) is 75.3 Å². The fourth-order valence-electron chi connectivity index (χ4n) is 3.30. The molecule has 0 spiro atoms. The number of nitrogens with one attached hydrogen (secondary N) is 1. The van der Waals surface area contributed by atoms with Crippen molar-refractivity contribution in [2.75, 3.05) is 11.1 Å². The molecule has 1 aliphatic rings. The molecule has 0 aliphatic heterocycles. The largest absolute Gasteiger partial charge is 0.478 e. The molecule has 0 aromatic heterocycles. The zero-order chi connectivity index (χ0) is 14.9. The quantitative estimate of drug-likeness (QED) is 0.736. The number of carboxylic acids is 1. The maximum Gasteiger partial charge on any atom is 0.337 e. The minimum atomic E-state index is -0.972. The molecule has 4 heteroatoms. The molecule has 110 valence electrons. The smallest absolute Gasteiger partial charge is 0.337 e. The number of anilines is 2. The Morgan fingerprint density at radius 1 is 1.45 bits per heavy atom. The van der Waals surface area contributed by atoms with Gasteiger partial charge < -0.3 is 16.2 Å². The first-order valence-electron chi connectivity index (χ1n) is 7.34. The van der Waals surface area contributed by atoms with E-state index in [2.05, 4.69) is 19.2 Å². The summed E-state index contributed by atoms with van der Waals surface area (Å²) in [6.07, 6.45) is 3.60. The predicted molar refractivity (Wildman–Crippen MR) is 82.1 cm³/mol. The van der Waals surface area contributed by atoms with E-state index in [0.717, 1.165) is 23.6 Å². The Morgan fingerprint density at radius 3 is 2.70 bits per heavy atom. The summed E-state index contributed by atoms with van der Waals surface area (Å²) in [5.41, 5.74) is 8.04. The first-order chi connectivity index (χ1) is 9.43. The van der Waals surface area contributed by atoms with Crippen LogP contribution in [0.25, 0.3) is 0 Å². The SMILES string of the molecule is CCC1CCC(Nc2cc(C)c(N)c(C(=O)O)c2)C1C. The van der Waals surface area contributed by atoms with E-state index in [4.69, 9.17) is 5.73 Å². The number of hydrogen-bond donors (Lipinski definition) is 3. The second-order valence-corrected chi connectivity index (χ2v) is 5.92. The fourth-order valence-corrected chi connectivity index (χ4v) is 3.30. The van der Waals surface area contributed by atoms with Crippen molar-refractivity contribution in [2.24, 2.45) is 11.8 Å². The number of benzene rings is 1. The summed E-state index contributed by atoms with van der Waals surface area (Å²) in [7, 11) is 0. The molecule has 0 amide bonds. The van der Waals surface area contributed by atoms with Crippen LogP contribution in [0.1, 0.15) is 49.0 Å². The highest BCUT2D eigenvalue weighted by Crippen LogP contribution is 2.36. The molecular formula is C16H24N2O2. The van der Waals surface area contributed by atoms with Crippen LogP contribution in [0.3, 0.4) is 0 Å². The van der Waals surface area contributed by atoms with Gasteiger partial charge in [0.2, 0.25) is 0 Å². The van der Waals surface area contributed by atoms with Crippen LogP contribution in [0.2, 0.25) is 0 Å². The zero-order valence-corrected chi connectivity index (χ0v) is 12.4. The summed E-state index contributed by atoms with van der Waals surface area (Å²) in [5.74, 6) is 0.410. The van der Waals surface area contributed by atoms with Crippen molar-refractivity contribution in [3.8, 4) is 0 Å². The molecule has 4 nitrogen and oxygen atoms in total. The van der Waals surface area contributed by atoms with Crippen LogP contribution < -0.4 is 11.1 Å². The van der Waals surface area contributed by atoms with Gasteiger partial charge in [0.1, 0.15) is 0 Å². The number of nitrogen functional groups attached to an aromatic ring is 1. The van der Waals surface area contributed by atoms with E-state index in [1.54, 1.807) is 6.07 Å². The second-order valence-electron chi connectivity index (χ2n) is 5.92. The normalized spacial score (nSPS) is 25.6. The first-order valence-corrected chi connectivity index (χ1v) is 7.34. The highest BCUT2D eigenvalue weighted by Gasteiger charge is 2.31. The van der Waals surface area contributed by atoms with E-state index < -0.39 is 5.97 Å². The van der Waals surface area contributed by atoms with Crippen LogP contribution in [-0.2, 0) is 0 Å². The van der Waals surface area contributed by atoms with Crippen LogP contribution in [0.15, 0.2) is 12.1 Å². The Bertz CT molecular complexity index is 513. The third kappa shape index (κ3) is 2.74. The number of aryl methyl sites for hydroxylation is 1. The van der Waals surface area contributed by atoms with Gasteiger partial charge in [-0.25, -0.2) is 4.79 Å². The lowest BCUT2D eigenvalue weighted by Gasteiger charge is -2.23. The molecule has 0 heterocycles. The summed E-state index contributed by atoms with van der Waals surface area (Å²) >= 11 is 0. The van der Waals surface area contributed by atoms with Crippen LogP contribution in [0.4, 0.5) is 11.4 Å². The van der Waals surface area contributed by atoms with Crippen LogP contribution in [0, 0.1) is 18.8 Å². The average Bonchev–Trinajstić information content (AvgIpc) is 2.74. The zero-order valence-electron chi connectivity index (χ0n) is 12.4. The number of rotatable bonds is 4. The molecule has 4 N–H and O–H groups in total. The third-order valence-corrected chi connectivity index (χ3v) is 4.72. The minimum Gasteiger partial charge on any atom is -0.478 e. The Morgan fingerprint density at radius 2 is 2.15 bits per heavy atom. The van der Waals surface area contributed by atoms with E-state index in [1.807, 2.05) is 13.0 Å². The average molecular weight is 276 g/mol. The lowest BCUT2D eigenvalue weighted by Crippen LogP contribution is -2.25. The summed E-state index contributed by atoms with van der Waals surface area (Å²) in [4.78, 5) is 11.2. The maximum atomic E-state index is 11.2. The molecular weight excluding hydrogens is 252 g/mol. The monoisotopic (exact) mass is 276 g/mol. The van der Waals surface area contributed by atoms with Gasteiger partial charge in [-0.1, -0.05) is 20.3 Å². The highest BCUT2D eigenvalue weighted by atomic mass is 16.4. The summed E-state index contributed by atoms with van der Waals surface area (Å²) in [6.45, 7) is 6.36. The van der Waals surface area contributed by atoms with Gasteiger partial charge in [0.25, 0.3) is 0 Å². The van der Waals surface area contributed by atoms with E-state index in [1.165, 1.54) is 12.8 Å². The minimum absolute atomic E-state index is 0.185. The maximum absolute atomic E-state index is 11.2. The number of carbonyl (C=O) groups is 1. The Hall–Kier alpha value is -1.71. The third-order valence-electron chi connectivity index (χ3n) is 4.72. The van der Waals surface area contributed by atoms with Gasteiger partial charge >= 0.3 is 5.97 Å². The molecule has 1 saturated carbocycles. The van der Waals surface area contributed by atoms with Crippen LogP contribution in [0.5, 0.6) is 0 Å². The Kier molecular flexibility index (Phi) is 4.21. The van der Waals surface area contributed by atoms with Crippen LogP contribution in [-0.4, -0.2) is 17.1 Å². The van der Waals surface area contributed by atoms with Crippen LogP contribution >= 0.6 is 0 Å². The number of carboxylic acid groups (broad SMARTS) is 1. The van der Waals surface area contributed by atoms with Gasteiger partial charge in [0, 0.05) is 17.4 Å². The fraction of sp³-hybridized carbons (Fsp3) is 0.562. The number of hydrogen-bond acceptors (Lipinski definition) is 3. The van der Waals surface area contributed by atoms with Gasteiger partial charge in [0.15, 0.2) is 0 Å². The molecule has 2 rings (SSSR count). The van der Waals surface area contributed by atoms with Gasteiger partial charge in [-0.2, -0.15) is 0 Å². The second kappa shape index (κ2) is 5.73.